The number of unbranched alkanes of at least 4 members (excludes halogenated alkanes) is 9. The average Bonchev–Trinajstić information content (AvgIpc) is 2.80. The number of hydrazine groups is 1. The summed E-state index contributed by atoms with van der Waals surface area (Å²) in [5.41, 5.74) is 3.32. The van der Waals surface area contributed by atoms with Gasteiger partial charge in [0.1, 0.15) is 5.75 Å². The second-order valence-corrected chi connectivity index (χ2v) is 8.74. The van der Waals surface area contributed by atoms with E-state index < -0.39 is 0 Å². The third-order valence-corrected chi connectivity index (χ3v) is 6.17. The number of phenols is 1. The molecule has 0 fully saturated rings. The number of hydrogen-bond donors (Lipinski definition) is 3. The van der Waals surface area contributed by atoms with Gasteiger partial charge in [-0.1, -0.05) is 76.9 Å². The van der Waals surface area contributed by atoms with Crippen LogP contribution in [0.3, 0.4) is 0 Å². The molecule has 0 aromatic heterocycles. The lowest BCUT2D eigenvalue weighted by Gasteiger charge is -2.39. The van der Waals surface area contributed by atoms with Gasteiger partial charge < -0.3 is 20.3 Å². The molecule has 0 aliphatic carbocycles. The van der Waals surface area contributed by atoms with E-state index in [2.05, 4.69) is 30.2 Å². The lowest BCUT2D eigenvalue weighted by molar-refractivity contribution is 0.0120. The van der Waals surface area contributed by atoms with E-state index >= 15 is 0 Å². The fraction of sp³-hybridized carbons (Fsp3) is 0.630. The molecule has 5 heteroatoms. The zero-order valence-corrected chi connectivity index (χ0v) is 20.0. The molecule has 0 amide bonds. The normalized spacial score (nSPS) is 13.8. The number of aromatic hydroxyl groups is 1. The Morgan fingerprint density at radius 1 is 0.875 bits per heavy atom. The van der Waals surface area contributed by atoms with Crippen LogP contribution < -0.4 is 0 Å². The Morgan fingerprint density at radius 2 is 1.50 bits per heavy atom. The molecule has 3 N–H and O–H groups in total. The lowest BCUT2D eigenvalue weighted by atomic mass is 9.96. The van der Waals surface area contributed by atoms with Gasteiger partial charge in [0, 0.05) is 18.7 Å². The van der Waals surface area contributed by atoms with Crippen LogP contribution in [0.2, 0.25) is 0 Å². The highest BCUT2D eigenvalue weighted by molar-refractivity contribution is 5.70. The van der Waals surface area contributed by atoms with Gasteiger partial charge in [0.05, 0.1) is 25.5 Å². The summed E-state index contributed by atoms with van der Waals surface area (Å²) >= 11 is 0. The fourth-order valence-electron chi connectivity index (χ4n) is 4.42. The lowest BCUT2D eigenvalue weighted by Crippen LogP contribution is -2.45. The highest BCUT2D eigenvalue weighted by Crippen LogP contribution is 2.30. The number of aliphatic hydroxyl groups excluding tert-OH is 2. The van der Waals surface area contributed by atoms with Crippen LogP contribution in [0.1, 0.15) is 82.3 Å². The van der Waals surface area contributed by atoms with Gasteiger partial charge in [-0.3, -0.25) is 0 Å². The van der Waals surface area contributed by atoms with Crippen molar-refractivity contribution in [2.24, 2.45) is 0 Å². The zero-order chi connectivity index (χ0) is 23.0. The van der Waals surface area contributed by atoms with Crippen LogP contribution in [0, 0.1) is 0 Å². The van der Waals surface area contributed by atoms with Crippen molar-refractivity contribution >= 4 is 5.70 Å². The first-order valence-corrected chi connectivity index (χ1v) is 12.6. The number of aryl methyl sites for hydroxylation is 1. The zero-order valence-electron chi connectivity index (χ0n) is 20.0. The van der Waals surface area contributed by atoms with E-state index in [0.29, 0.717) is 25.4 Å². The first kappa shape index (κ1) is 26.4. The first-order valence-electron chi connectivity index (χ1n) is 12.6. The third-order valence-electron chi connectivity index (χ3n) is 6.17. The minimum atomic E-state index is 0.0362. The van der Waals surface area contributed by atoms with Crippen molar-refractivity contribution in [3.8, 4) is 5.75 Å². The molecule has 180 valence electrons. The highest BCUT2D eigenvalue weighted by Gasteiger charge is 2.21. The number of hydrogen-bond acceptors (Lipinski definition) is 5. The Kier molecular flexibility index (Phi) is 13.1. The predicted octanol–water partition coefficient (Wildman–Crippen LogP) is 5.27. The number of aliphatic hydroxyl groups is 2. The van der Waals surface area contributed by atoms with Crippen molar-refractivity contribution in [3.05, 3.63) is 47.6 Å². The van der Waals surface area contributed by atoms with E-state index in [1.54, 1.807) is 6.07 Å². The molecule has 0 saturated carbocycles. The molecule has 1 heterocycles. The van der Waals surface area contributed by atoms with Crippen LogP contribution in [0.15, 0.2) is 36.4 Å². The monoisotopic (exact) mass is 444 g/mol. The Bertz CT molecular complexity index is 696. The Hall–Kier alpha value is -1.82. The van der Waals surface area contributed by atoms with E-state index in [0.717, 1.165) is 29.7 Å². The molecule has 0 spiro atoms. The molecule has 1 aliphatic heterocycles. The fourth-order valence-corrected chi connectivity index (χ4v) is 4.42. The molecule has 0 unspecified atom stereocenters. The maximum absolute atomic E-state index is 10.1. The summed E-state index contributed by atoms with van der Waals surface area (Å²) in [5.74, 6) is 0.303. The summed E-state index contributed by atoms with van der Waals surface area (Å²) in [6.07, 6.45) is 20.2. The Labute approximate surface area is 195 Å². The van der Waals surface area contributed by atoms with Crippen LogP contribution in [-0.4, -0.2) is 58.2 Å². The number of allylic oxidation sites excluding steroid dienone is 2. The Morgan fingerprint density at radius 3 is 2.12 bits per heavy atom. The SMILES string of the molecule is CCCCCCCCCCCCc1cc(O)ccc1C1=CC=CCN1N(CCO)CCO. The van der Waals surface area contributed by atoms with Gasteiger partial charge in [-0.2, -0.15) is 0 Å². The number of rotatable bonds is 17. The van der Waals surface area contributed by atoms with Crippen LogP contribution in [0.4, 0.5) is 0 Å². The quantitative estimate of drug-likeness (QED) is 0.286. The maximum atomic E-state index is 10.1. The molecule has 0 atom stereocenters. The van der Waals surface area contributed by atoms with Gasteiger partial charge in [0.15, 0.2) is 0 Å². The standard InChI is InChI=1S/C27H44N2O3/c1-2-3-4-5-6-7-8-9-10-11-14-24-23-25(32)16-17-26(24)27-15-12-13-18-29(27)28(19-21-30)20-22-31/h12-13,15-17,23,30-32H,2-11,14,18-22H2,1H3. The van der Waals surface area contributed by atoms with Crippen LogP contribution >= 0.6 is 0 Å². The third kappa shape index (κ3) is 8.97. The van der Waals surface area contributed by atoms with Crippen molar-refractivity contribution in [1.82, 2.24) is 10.0 Å². The van der Waals surface area contributed by atoms with E-state index in [-0.39, 0.29) is 13.2 Å². The van der Waals surface area contributed by atoms with Crippen molar-refractivity contribution < 1.29 is 15.3 Å². The molecule has 0 bridgehead atoms. The molecule has 5 nitrogen and oxygen atoms in total. The van der Waals surface area contributed by atoms with Gasteiger partial charge in [-0.05, 0) is 42.7 Å². The molecule has 1 aromatic rings. The van der Waals surface area contributed by atoms with Gasteiger partial charge in [0.2, 0.25) is 0 Å². The molecular formula is C27H44N2O3. The van der Waals surface area contributed by atoms with Crippen molar-refractivity contribution in [1.29, 1.82) is 0 Å². The molecule has 1 aliphatic rings. The number of phenolic OH excluding ortho intramolecular Hbond substituents is 1. The van der Waals surface area contributed by atoms with Crippen LogP contribution in [0.5, 0.6) is 5.75 Å². The van der Waals surface area contributed by atoms with Crippen LogP contribution in [-0.2, 0) is 6.42 Å². The minimum Gasteiger partial charge on any atom is -0.508 e. The molecule has 2 rings (SSSR count). The Balaban J connectivity index is 1.94. The summed E-state index contributed by atoms with van der Waals surface area (Å²) in [7, 11) is 0. The van der Waals surface area contributed by atoms with E-state index in [1.807, 2.05) is 17.1 Å². The second kappa shape index (κ2) is 15.9. The summed E-state index contributed by atoms with van der Waals surface area (Å²) in [5, 5.41) is 33.2. The number of benzene rings is 1. The topological polar surface area (TPSA) is 67.2 Å². The molecule has 1 aromatic carbocycles. The van der Waals surface area contributed by atoms with E-state index in [9.17, 15) is 15.3 Å². The minimum absolute atomic E-state index is 0.0362. The van der Waals surface area contributed by atoms with Crippen molar-refractivity contribution in [2.45, 2.75) is 77.6 Å². The van der Waals surface area contributed by atoms with Crippen molar-refractivity contribution in [2.75, 3.05) is 32.8 Å². The number of nitrogens with zero attached hydrogens (tertiary/aromatic N) is 2. The highest BCUT2D eigenvalue weighted by atomic mass is 16.3. The van der Waals surface area contributed by atoms with Gasteiger partial charge in [0.25, 0.3) is 0 Å². The molecular weight excluding hydrogens is 400 g/mol. The van der Waals surface area contributed by atoms with E-state index in [4.69, 9.17) is 0 Å². The molecule has 32 heavy (non-hydrogen) atoms. The molecule has 0 saturated heterocycles. The van der Waals surface area contributed by atoms with Gasteiger partial charge >= 0.3 is 0 Å². The second-order valence-electron chi connectivity index (χ2n) is 8.74. The first-order chi connectivity index (χ1) is 15.7. The van der Waals surface area contributed by atoms with Crippen molar-refractivity contribution in [3.63, 3.8) is 0 Å². The molecule has 0 radical (unpaired) electrons. The summed E-state index contributed by atoms with van der Waals surface area (Å²) in [6.45, 7) is 3.97. The van der Waals surface area contributed by atoms with Crippen LogP contribution in [0.25, 0.3) is 5.70 Å². The summed E-state index contributed by atoms with van der Waals surface area (Å²) in [4.78, 5) is 0. The van der Waals surface area contributed by atoms with Gasteiger partial charge in [-0.25, -0.2) is 5.01 Å². The largest absolute Gasteiger partial charge is 0.508 e. The summed E-state index contributed by atoms with van der Waals surface area (Å²) < 4.78 is 0. The maximum Gasteiger partial charge on any atom is 0.115 e. The van der Waals surface area contributed by atoms with E-state index in [1.165, 1.54) is 57.8 Å². The summed E-state index contributed by atoms with van der Waals surface area (Å²) in [6, 6.07) is 5.63. The predicted molar refractivity (Wildman–Crippen MR) is 133 cm³/mol. The average molecular weight is 445 g/mol. The van der Waals surface area contributed by atoms with Gasteiger partial charge in [-0.15, -0.1) is 0 Å². The smallest absolute Gasteiger partial charge is 0.115 e.